The number of allylic oxidation sites excluding steroid dienone is 1. The molecule has 0 bridgehead atoms. The molecule has 9 aromatic heterocycles. The number of aromatic nitrogens is 15. The molecule has 0 fully saturated rings. The summed E-state index contributed by atoms with van der Waals surface area (Å²) in [6.45, 7) is 11.3. The molecule has 384 valence electrons. The minimum Gasteiger partial charge on any atom is -0.499 e. The van der Waals surface area contributed by atoms with E-state index in [9.17, 15) is 9.59 Å². The number of ketones is 1. The van der Waals surface area contributed by atoms with E-state index >= 15 is 0 Å². The normalized spacial score (nSPS) is 11.2. The van der Waals surface area contributed by atoms with Crippen LogP contribution in [0.2, 0.25) is 5.15 Å². The maximum absolute atomic E-state index is 11.5. The second-order valence-corrected chi connectivity index (χ2v) is 17.6. The summed E-state index contributed by atoms with van der Waals surface area (Å²) in [5.74, 6) is 2.87. The Bertz CT molecular complexity index is 4140. The fourth-order valence-corrected chi connectivity index (χ4v) is 8.02. The van der Waals surface area contributed by atoms with Crippen LogP contribution in [0.1, 0.15) is 78.0 Å². The number of nitrogens with two attached hydrogens (primary N) is 1. The van der Waals surface area contributed by atoms with Crippen molar-refractivity contribution in [3.63, 3.8) is 0 Å². The van der Waals surface area contributed by atoms with E-state index in [0.29, 0.717) is 70.1 Å². The van der Waals surface area contributed by atoms with E-state index in [0.717, 1.165) is 67.6 Å². The third kappa shape index (κ3) is 13.0. The summed E-state index contributed by atoms with van der Waals surface area (Å²) in [4.78, 5) is 35.3. The zero-order valence-corrected chi connectivity index (χ0v) is 43.0. The highest BCUT2D eigenvalue weighted by Gasteiger charge is 2.14. The van der Waals surface area contributed by atoms with Crippen LogP contribution in [-0.4, -0.2) is 98.5 Å². The molecule has 0 unspecified atom stereocenters. The van der Waals surface area contributed by atoms with E-state index in [1.54, 1.807) is 75.5 Å². The van der Waals surface area contributed by atoms with Gasteiger partial charge in [-0.15, -0.1) is 30.6 Å². The number of nitrogens with one attached hydrogen (secondary N) is 1. The number of halogens is 1. The monoisotopic (exact) mass is 1040 g/mol. The van der Waals surface area contributed by atoms with Crippen LogP contribution in [0, 0.1) is 0 Å². The van der Waals surface area contributed by atoms with Gasteiger partial charge in [-0.1, -0.05) is 54.6 Å². The Morgan fingerprint density at radius 3 is 1.39 bits per heavy atom. The van der Waals surface area contributed by atoms with Gasteiger partial charge in [0.25, 0.3) is 0 Å². The van der Waals surface area contributed by atoms with Crippen molar-refractivity contribution in [2.45, 2.75) is 47.0 Å². The molecule has 0 spiro atoms. The van der Waals surface area contributed by atoms with Crippen LogP contribution in [0.4, 0.5) is 4.79 Å². The first-order chi connectivity index (χ1) is 37.4. The summed E-state index contributed by atoms with van der Waals surface area (Å²) in [6, 6.07) is 39.9. The van der Waals surface area contributed by atoms with Crippen LogP contribution >= 0.6 is 11.6 Å². The van der Waals surface area contributed by atoms with Gasteiger partial charge in [0.2, 0.25) is 0 Å². The lowest BCUT2D eigenvalue weighted by Crippen LogP contribution is -2.25. The topological polar surface area (TPSA) is 262 Å². The Balaban J connectivity index is 0.000000134. The van der Waals surface area contributed by atoms with Gasteiger partial charge in [-0.3, -0.25) is 19.7 Å². The van der Waals surface area contributed by atoms with Crippen molar-refractivity contribution in [1.82, 2.24) is 79.8 Å². The number of Topliss-reactive ketones (excluding diaryl/α,β-unsaturated/α-hetero) is 1. The van der Waals surface area contributed by atoms with E-state index in [1.165, 1.54) is 6.92 Å². The Morgan fingerprint density at radius 1 is 0.571 bits per heavy atom. The molecule has 12 aromatic rings. The quantitative estimate of drug-likeness (QED) is 0.0532. The molecular weight excluding hydrogens is 996 g/mol. The average molecular weight is 1050 g/mol. The van der Waals surface area contributed by atoms with Crippen LogP contribution in [0.25, 0.3) is 49.7 Å². The predicted octanol–water partition coefficient (Wildman–Crippen LogP) is 8.59. The highest BCUT2D eigenvalue weighted by molar-refractivity contribution is 6.29. The van der Waals surface area contributed by atoms with E-state index in [-0.39, 0.29) is 5.78 Å². The molecule has 0 aliphatic rings. The van der Waals surface area contributed by atoms with Gasteiger partial charge < -0.3 is 10.5 Å². The van der Waals surface area contributed by atoms with Crippen molar-refractivity contribution in [3.05, 3.63) is 209 Å². The Hall–Kier alpha value is -10.0. The SMILES string of the molecule is C/C(=N\NC(N)=O)c1ccc2nnc(Cc3ccc4ncccc4c3)n2n1.C=C(C)OCC.CC(=O)c1ccc2nnc(Cc3ccc4ncccc4c3)n2n1.Clc1ccc2nnc(Cc3ccc4ncccc4c3)n2n1. The number of pyridine rings is 3. The lowest BCUT2D eigenvalue weighted by atomic mass is 10.1. The zero-order chi connectivity index (χ0) is 53.8. The van der Waals surface area contributed by atoms with Crippen molar-refractivity contribution in [3.8, 4) is 0 Å². The van der Waals surface area contributed by atoms with Gasteiger partial charge in [0.1, 0.15) is 16.5 Å². The predicted molar refractivity (Wildman–Crippen MR) is 292 cm³/mol. The average Bonchev–Trinajstić information content (AvgIpc) is 4.18. The highest BCUT2D eigenvalue weighted by atomic mass is 35.5. The number of hydrogen-bond donors (Lipinski definition) is 2. The molecule has 0 atom stereocenters. The summed E-state index contributed by atoms with van der Waals surface area (Å²) in [6.07, 6.45) is 7.13. The minimum absolute atomic E-state index is 0.0803. The van der Waals surface area contributed by atoms with Crippen LogP contribution < -0.4 is 11.2 Å². The number of rotatable bonds is 11. The Labute approximate surface area is 444 Å². The fourth-order valence-electron chi connectivity index (χ4n) is 7.88. The van der Waals surface area contributed by atoms with E-state index in [2.05, 4.69) is 96.1 Å². The summed E-state index contributed by atoms with van der Waals surface area (Å²) >= 11 is 5.93. The van der Waals surface area contributed by atoms with Crippen LogP contribution in [0.5, 0.6) is 0 Å². The van der Waals surface area contributed by atoms with E-state index in [1.807, 2.05) is 86.6 Å². The lowest BCUT2D eigenvalue weighted by Gasteiger charge is -2.04. The molecule has 22 heteroatoms. The number of nitrogens with zero attached hydrogens (tertiary/aromatic N) is 16. The number of urea groups is 1. The third-order valence-corrected chi connectivity index (χ3v) is 11.7. The molecule has 3 aromatic carbocycles. The standard InChI is InChI=1S/C18H16N8O.C17H13N5O.C15H10ClN5.C5H10O/c1-11(21-24-18(19)27)14-6-7-16-22-23-17(26(16)25-14)10-12-4-5-15-13(9-12)3-2-8-20-15;1-11(23)14-6-7-16-19-20-17(22(16)21-14)10-12-4-5-15-13(9-12)3-2-8-18-15;16-13-5-6-14-18-19-15(21(14)20-13)9-10-3-4-12-11(8-10)2-1-7-17-12;1-4-6-5(2)3/h2-9H,10H2,1H3,(H3,19,24,27);2-9H,10H2,1H3;1-8H,9H2;2,4H2,1,3H3/b21-11+;;;. The molecule has 9 heterocycles. The van der Waals surface area contributed by atoms with Crippen molar-refractivity contribution >= 4 is 78.8 Å². The number of benzene rings is 3. The number of amides is 2. The molecule has 0 radical (unpaired) electrons. The molecule has 0 saturated carbocycles. The number of carbonyl (C=O) groups excluding carboxylic acids is 2. The first-order valence-electron chi connectivity index (χ1n) is 24.1. The smallest absolute Gasteiger partial charge is 0.332 e. The maximum Gasteiger partial charge on any atom is 0.332 e. The van der Waals surface area contributed by atoms with Gasteiger partial charge in [-0.2, -0.15) is 33.9 Å². The number of hydrogen-bond acceptors (Lipinski definition) is 16. The van der Waals surface area contributed by atoms with Gasteiger partial charge in [-0.05, 0) is 128 Å². The molecule has 2 amide bonds. The summed E-state index contributed by atoms with van der Waals surface area (Å²) in [5.41, 5.74) is 16.9. The van der Waals surface area contributed by atoms with Gasteiger partial charge in [0, 0.05) is 60.9 Å². The number of primary amides is 1. The van der Waals surface area contributed by atoms with Crippen molar-refractivity contribution < 1.29 is 14.3 Å². The minimum atomic E-state index is -0.730. The van der Waals surface area contributed by atoms with Gasteiger partial charge in [0.05, 0.1) is 34.6 Å². The molecule has 0 aliphatic carbocycles. The van der Waals surface area contributed by atoms with Gasteiger partial charge in [-0.25, -0.2) is 10.2 Å². The Kier molecular flexibility index (Phi) is 16.1. The zero-order valence-electron chi connectivity index (χ0n) is 42.2. The number of ether oxygens (including phenoxy) is 1. The van der Waals surface area contributed by atoms with Crippen LogP contribution in [0.3, 0.4) is 0 Å². The number of fused-ring (bicyclic) bond motifs is 6. The molecule has 77 heavy (non-hydrogen) atoms. The number of carbonyl (C=O) groups is 2. The van der Waals surface area contributed by atoms with Gasteiger partial charge >= 0.3 is 6.03 Å². The van der Waals surface area contributed by atoms with Crippen LogP contribution in [0.15, 0.2) is 163 Å². The lowest BCUT2D eigenvalue weighted by molar-refractivity contribution is 0.101. The molecule has 3 N–H and O–H groups in total. The van der Waals surface area contributed by atoms with E-state index in [4.69, 9.17) is 22.1 Å². The van der Waals surface area contributed by atoms with Crippen LogP contribution in [-0.2, 0) is 24.0 Å². The first-order valence-corrected chi connectivity index (χ1v) is 24.4. The number of hydrazone groups is 1. The highest BCUT2D eigenvalue weighted by Crippen LogP contribution is 2.20. The molecular formula is C55H49ClN18O3. The largest absolute Gasteiger partial charge is 0.499 e. The maximum atomic E-state index is 11.5. The second-order valence-electron chi connectivity index (χ2n) is 17.2. The summed E-state index contributed by atoms with van der Waals surface area (Å²) < 4.78 is 9.83. The fraction of sp³-hybridized carbons (Fsp3) is 0.145. The van der Waals surface area contributed by atoms with Crippen molar-refractivity contribution in [2.75, 3.05) is 6.61 Å². The van der Waals surface area contributed by atoms with E-state index < -0.39 is 6.03 Å². The molecule has 0 saturated heterocycles. The summed E-state index contributed by atoms with van der Waals surface area (Å²) in [5, 5.41) is 45.7. The third-order valence-electron chi connectivity index (χ3n) is 11.5. The van der Waals surface area contributed by atoms with Crippen molar-refractivity contribution in [2.24, 2.45) is 10.8 Å². The molecule has 21 nitrogen and oxygen atoms in total. The Morgan fingerprint density at radius 2 is 0.987 bits per heavy atom. The summed E-state index contributed by atoms with van der Waals surface area (Å²) in [7, 11) is 0. The first kappa shape index (κ1) is 51.9. The van der Waals surface area contributed by atoms with Crippen molar-refractivity contribution in [1.29, 1.82) is 0 Å². The molecule has 0 aliphatic heterocycles. The molecule has 12 rings (SSSR count). The van der Waals surface area contributed by atoms with Gasteiger partial charge in [0.15, 0.2) is 40.2 Å². The second kappa shape index (κ2) is 23.9.